The fraction of sp³-hybridized carbons (Fsp3) is 0.381. The third-order valence-corrected chi connectivity index (χ3v) is 5.43. The van der Waals surface area contributed by atoms with E-state index in [-0.39, 0.29) is 11.9 Å². The Morgan fingerprint density at radius 3 is 2.40 bits per heavy atom. The Morgan fingerprint density at radius 2 is 1.64 bits per heavy atom. The number of nitrogens with zero attached hydrogens (tertiary/aromatic N) is 2. The highest BCUT2D eigenvalue weighted by Gasteiger charge is 2.30. The van der Waals surface area contributed by atoms with Crippen LogP contribution < -0.4 is 10.2 Å². The molecule has 0 radical (unpaired) electrons. The first kappa shape index (κ1) is 16.2. The monoisotopic (exact) mass is 335 g/mol. The molecule has 1 fully saturated rings. The average molecular weight is 335 g/mol. The van der Waals surface area contributed by atoms with Crippen molar-refractivity contribution in [2.24, 2.45) is 0 Å². The molecule has 2 aliphatic heterocycles. The van der Waals surface area contributed by atoms with Gasteiger partial charge < -0.3 is 15.1 Å². The molecule has 4 rings (SSSR count). The summed E-state index contributed by atoms with van der Waals surface area (Å²) >= 11 is 0. The number of aryl methyl sites for hydroxylation is 1. The summed E-state index contributed by atoms with van der Waals surface area (Å²) in [5.74, 6) is 0.249. The molecule has 1 atom stereocenters. The van der Waals surface area contributed by atoms with Gasteiger partial charge in [-0.15, -0.1) is 0 Å². The molecule has 1 N–H and O–H groups in total. The van der Waals surface area contributed by atoms with Crippen molar-refractivity contribution < 1.29 is 4.79 Å². The number of fused-ring (bicyclic) bond motifs is 1. The first-order valence-corrected chi connectivity index (χ1v) is 9.12. The zero-order chi connectivity index (χ0) is 17.2. The maximum atomic E-state index is 12.9. The smallest absolute Gasteiger partial charge is 0.240 e. The van der Waals surface area contributed by atoms with Gasteiger partial charge in [0.2, 0.25) is 5.91 Å². The number of carbonyl (C=O) groups is 1. The fourth-order valence-electron chi connectivity index (χ4n) is 3.94. The molecule has 0 saturated carbocycles. The molecule has 2 aromatic carbocycles. The third kappa shape index (κ3) is 3.27. The van der Waals surface area contributed by atoms with Gasteiger partial charge in [-0.2, -0.15) is 0 Å². The van der Waals surface area contributed by atoms with E-state index in [0.29, 0.717) is 0 Å². The zero-order valence-corrected chi connectivity index (χ0v) is 14.7. The van der Waals surface area contributed by atoms with Crippen molar-refractivity contribution in [1.29, 1.82) is 0 Å². The predicted octanol–water partition coefficient (Wildman–Crippen LogP) is 2.36. The standard InChI is InChI=1S/C21H25N3O/c1-16-6-2-5-9-20(16)23-10-12-24(13-11-23)21(25)19-14-17-7-3-4-8-18(17)15-22-19/h2-9,19,22H,10-15H2,1H3. The summed E-state index contributed by atoms with van der Waals surface area (Å²) in [6, 6.07) is 16.8. The minimum atomic E-state index is -0.0834. The van der Waals surface area contributed by atoms with Crippen molar-refractivity contribution in [2.45, 2.75) is 25.9 Å². The highest BCUT2D eigenvalue weighted by molar-refractivity contribution is 5.83. The number of hydrogen-bond donors (Lipinski definition) is 1. The van der Waals surface area contributed by atoms with Gasteiger partial charge in [0.15, 0.2) is 0 Å². The molecule has 2 aliphatic rings. The van der Waals surface area contributed by atoms with Gasteiger partial charge in [-0.05, 0) is 36.1 Å². The lowest BCUT2D eigenvalue weighted by molar-refractivity contribution is -0.133. The molecule has 1 amide bonds. The number of anilines is 1. The molecule has 4 nitrogen and oxygen atoms in total. The van der Waals surface area contributed by atoms with Crippen LogP contribution in [0.4, 0.5) is 5.69 Å². The van der Waals surface area contributed by atoms with E-state index in [1.807, 2.05) is 4.90 Å². The molecule has 0 aromatic heterocycles. The van der Waals surface area contributed by atoms with Crippen LogP contribution in [0.3, 0.4) is 0 Å². The van der Waals surface area contributed by atoms with E-state index in [1.165, 1.54) is 22.4 Å². The Bertz CT molecular complexity index is 765. The molecule has 2 heterocycles. The Morgan fingerprint density at radius 1 is 0.960 bits per heavy atom. The molecule has 0 aliphatic carbocycles. The molecular formula is C21H25N3O. The van der Waals surface area contributed by atoms with Gasteiger partial charge >= 0.3 is 0 Å². The van der Waals surface area contributed by atoms with Crippen molar-refractivity contribution in [2.75, 3.05) is 31.1 Å². The van der Waals surface area contributed by atoms with Crippen molar-refractivity contribution in [3.63, 3.8) is 0 Å². The largest absolute Gasteiger partial charge is 0.368 e. The van der Waals surface area contributed by atoms with E-state index in [0.717, 1.165) is 39.1 Å². The zero-order valence-electron chi connectivity index (χ0n) is 14.7. The van der Waals surface area contributed by atoms with Crippen molar-refractivity contribution in [3.8, 4) is 0 Å². The van der Waals surface area contributed by atoms with Gasteiger partial charge in [0.05, 0.1) is 6.04 Å². The summed E-state index contributed by atoms with van der Waals surface area (Å²) in [5.41, 5.74) is 5.21. The molecule has 0 bridgehead atoms. The van der Waals surface area contributed by atoms with Crippen LogP contribution in [0.5, 0.6) is 0 Å². The molecule has 4 heteroatoms. The van der Waals surface area contributed by atoms with Gasteiger partial charge in [0, 0.05) is 38.4 Å². The lowest BCUT2D eigenvalue weighted by atomic mass is 9.95. The lowest BCUT2D eigenvalue weighted by Gasteiger charge is -2.39. The normalized spacial score (nSPS) is 20.3. The number of amides is 1. The van der Waals surface area contributed by atoms with Gasteiger partial charge in [-0.25, -0.2) is 0 Å². The first-order chi connectivity index (χ1) is 12.2. The number of carbonyl (C=O) groups excluding carboxylic acids is 1. The van der Waals surface area contributed by atoms with Crippen LogP contribution in [-0.4, -0.2) is 43.0 Å². The number of nitrogens with one attached hydrogen (secondary N) is 1. The van der Waals surface area contributed by atoms with Gasteiger partial charge in [0.1, 0.15) is 0 Å². The van der Waals surface area contributed by atoms with E-state index >= 15 is 0 Å². The SMILES string of the molecule is Cc1ccccc1N1CCN(C(=O)C2Cc3ccccc3CN2)CC1. The fourth-order valence-corrected chi connectivity index (χ4v) is 3.94. The third-order valence-electron chi connectivity index (χ3n) is 5.43. The summed E-state index contributed by atoms with van der Waals surface area (Å²) in [6.07, 6.45) is 0.799. The van der Waals surface area contributed by atoms with Crippen LogP contribution in [0.25, 0.3) is 0 Å². The molecule has 2 aromatic rings. The molecule has 0 spiro atoms. The van der Waals surface area contributed by atoms with Crippen LogP contribution in [0.1, 0.15) is 16.7 Å². The van der Waals surface area contributed by atoms with E-state index in [9.17, 15) is 4.79 Å². The van der Waals surface area contributed by atoms with Crippen LogP contribution >= 0.6 is 0 Å². The Kier molecular flexibility index (Phi) is 4.45. The van der Waals surface area contributed by atoms with Crippen molar-refractivity contribution in [3.05, 3.63) is 65.2 Å². The van der Waals surface area contributed by atoms with Crippen LogP contribution in [-0.2, 0) is 17.8 Å². The van der Waals surface area contributed by atoms with Crippen molar-refractivity contribution >= 4 is 11.6 Å². The Labute approximate surface area is 149 Å². The second kappa shape index (κ2) is 6.89. The maximum absolute atomic E-state index is 12.9. The summed E-state index contributed by atoms with van der Waals surface area (Å²) < 4.78 is 0. The van der Waals surface area contributed by atoms with Crippen LogP contribution in [0.2, 0.25) is 0 Å². The molecule has 25 heavy (non-hydrogen) atoms. The summed E-state index contributed by atoms with van der Waals surface area (Å²) in [4.78, 5) is 17.3. The summed E-state index contributed by atoms with van der Waals surface area (Å²) in [5, 5.41) is 3.42. The molecule has 1 saturated heterocycles. The summed E-state index contributed by atoms with van der Waals surface area (Å²) in [7, 11) is 0. The van der Waals surface area contributed by atoms with Crippen LogP contribution in [0.15, 0.2) is 48.5 Å². The number of rotatable bonds is 2. The Hall–Kier alpha value is -2.33. The highest BCUT2D eigenvalue weighted by atomic mass is 16.2. The van der Waals surface area contributed by atoms with Gasteiger partial charge in [-0.3, -0.25) is 4.79 Å². The lowest BCUT2D eigenvalue weighted by Crippen LogP contribution is -2.55. The van der Waals surface area contributed by atoms with Crippen LogP contribution in [0, 0.1) is 6.92 Å². The van der Waals surface area contributed by atoms with Crippen molar-refractivity contribution in [1.82, 2.24) is 10.2 Å². The molecule has 1 unspecified atom stereocenters. The number of benzene rings is 2. The topological polar surface area (TPSA) is 35.6 Å². The second-order valence-electron chi connectivity index (χ2n) is 7.01. The predicted molar refractivity (Wildman–Crippen MR) is 101 cm³/mol. The number of piperazine rings is 1. The van der Waals surface area contributed by atoms with E-state index in [4.69, 9.17) is 0 Å². The first-order valence-electron chi connectivity index (χ1n) is 9.12. The summed E-state index contributed by atoms with van der Waals surface area (Å²) in [6.45, 7) is 6.34. The number of para-hydroxylation sites is 1. The minimum absolute atomic E-state index is 0.0834. The quantitative estimate of drug-likeness (QED) is 0.915. The number of hydrogen-bond acceptors (Lipinski definition) is 3. The molecule has 130 valence electrons. The Balaban J connectivity index is 1.38. The van der Waals surface area contributed by atoms with Gasteiger partial charge in [-0.1, -0.05) is 42.5 Å². The van der Waals surface area contributed by atoms with E-state index in [2.05, 4.69) is 65.7 Å². The van der Waals surface area contributed by atoms with E-state index < -0.39 is 0 Å². The van der Waals surface area contributed by atoms with Gasteiger partial charge in [0.25, 0.3) is 0 Å². The van der Waals surface area contributed by atoms with E-state index in [1.54, 1.807) is 0 Å². The average Bonchev–Trinajstić information content (AvgIpc) is 2.67. The molecular weight excluding hydrogens is 310 g/mol. The minimum Gasteiger partial charge on any atom is -0.368 e. The second-order valence-corrected chi connectivity index (χ2v) is 7.01. The highest BCUT2D eigenvalue weighted by Crippen LogP contribution is 2.22. The maximum Gasteiger partial charge on any atom is 0.240 e.